The van der Waals surface area contributed by atoms with Gasteiger partial charge in [-0.1, -0.05) is 19.9 Å². The number of piperidine rings is 1. The smallest absolute Gasteiger partial charge is 0.120 e. The molecule has 0 unspecified atom stereocenters. The Hall–Kier alpha value is -1.26. The van der Waals surface area contributed by atoms with Crippen LogP contribution in [0.3, 0.4) is 0 Å². The van der Waals surface area contributed by atoms with Crippen LogP contribution in [0.1, 0.15) is 33.1 Å². The van der Waals surface area contributed by atoms with Crippen LogP contribution >= 0.6 is 0 Å². The quantitative estimate of drug-likeness (QED) is 0.902. The second kappa shape index (κ2) is 7.10. The molecule has 0 saturated carbocycles. The number of hydrogen-bond acceptors (Lipinski definition) is 4. The number of rotatable bonds is 5. The molecule has 2 heterocycles. The van der Waals surface area contributed by atoms with Crippen molar-refractivity contribution in [3.8, 4) is 5.75 Å². The van der Waals surface area contributed by atoms with E-state index >= 15 is 0 Å². The van der Waals surface area contributed by atoms with E-state index in [9.17, 15) is 0 Å². The van der Waals surface area contributed by atoms with Gasteiger partial charge in [-0.3, -0.25) is 0 Å². The molecule has 4 nitrogen and oxygen atoms in total. The predicted octanol–water partition coefficient (Wildman–Crippen LogP) is 3.39. The Morgan fingerprint density at radius 3 is 2.83 bits per heavy atom. The zero-order valence-corrected chi connectivity index (χ0v) is 14.7. The van der Waals surface area contributed by atoms with Crippen LogP contribution < -0.4 is 10.1 Å². The van der Waals surface area contributed by atoms with Gasteiger partial charge in [-0.25, -0.2) is 0 Å². The van der Waals surface area contributed by atoms with E-state index in [4.69, 9.17) is 9.47 Å². The lowest BCUT2D eigenvalue weighted by Gasteiger charge is -2.39. The summed E-state index contributed by atoms with van der Waals surface area (Å²) >= 11 is 0. The lowest BCUT2D eigenvalue weighted by molar-refractivity contribution is -0.0449. The van der Waals surface area contributed by atoms with Gasteiger partial charge in [0, 0.05) is 31.4 Å². The SMILES string of the molecule is COc1cccc(N[C@H]2COC3(CCN(CC(C)C)CC3)C2)c1. The molecule has 128 valence electrons. The predicted molar refractivity (Wildman–Crippen MR) is 94.2 cm³/mol. The van der Waals surface area contributed by atoms with Gasteiger partial charge < -0.3 is 19.7 Å². The maximum absolute atomic E-state index is 6.26. The fourth-order valence-corrected chi connectivity index (χ4v) is 3.89. The zero-order chi connectivity index (χ0) is 16.3. The standard InChI is InChI=1S/C19H30N2O2/c1-15(2)13-21-9-7-19(8-10-21)12-17(14-23-19)20-16-5-4-6-18(11-16)22-3/h4-6,11,15,17,20H,7-10,12-14H2,1-3H3/t17-/m1/s1. The van der Waals surface area contributed by atoms with Gasteiger partial charge in [0.1, 0.15) is 5.75 Å². The molecule has 4 heteroatoms. The van der Waals surface area contributed by atoms with E-state index in [1.165, 1.54) is 19.6 Å². The summed E-state index contributed by atoms with van der Waals surface area (Å²) in [5.74, 6) is 1.64. The third kappa shape index (κ3) is 4.18. The van der Waals surface area contributed by atoms with Crippen LogP contribution in [-0.2, 0) is 4.74 Å². The molecule has 0 bridgehead atoms. The van der Waals surface area contributed by atoms with Crippen LogP contribution in [0.2, 0.25) is 0 Å². The van der Waals surface area contributed by atoms with Gasteiger partial charge in [0.2, 0.25) is 0 Å². The Morgan fingerprint density at radius 2 is 2.13 bits per heavy atom. The van der Waals surface area contributed by atoms with Gasteiger partial charge in [0.15, 0.2) is 0 Å². The monoisotopic (exact) mass is 318 g/mol. The Bertz CT molecular complexity index is 510. The van der Waals surface area contributed by atoms with E-state index in [1.54, 1.807) is 7.11 Å². The van der Waals surface area contributed by atoms with Crippen molar-refractivity contribution in [2.45, 2.75) is 44.8 Å². The fourth-order valence-electron chi connectivity index (χ4n) is 3.89. The van der Waals surface area contributed by atoms with Crippen molar-refractivity contribution in [2.24, 2.45) is 5.92 Å². The van der Waals surface area contributed by atoms with E-state index in [1.807, 2.05) is 12.1 Å². The first kappa shape index (κ1) is 16.6. The molecule has 1 aromatic rings. The number of anilines is 1. The first-order chi connectivity index (χ1) is 11.1. The minimum absolute atomic E-state index is 0.101. The average molecular weight is 318 g/mol. The van der Waals surface area contributed by atoms with Crippen LogP contribution in [0.5, 0.6) is 5.75 Å². The normalized spacial score (nSPS) is 24.3. The highest BCUT2D eigenvalue weighted by Crippen LogP contribution is 2.37. The molecule has 1 spiro atoms. The minimum atomic E-state index is 0.101. The molecule has 1 aromatic carbocycles. The molecule has 2 fully saturated rings. The summed E-state index contributed by atoms with van der Waals surface area (Å²) in [5.41, 5.74) is 1.22. The van der Waals surface area contributed by atoms with Crippen molar-refractivity contribution in [2.75, 3.05) is 38.7 Å². The van der Waals surface area contributed by atoms with E-state index < -0.39 is 0 Å². The summed E-state index contributed by atoms with van der Waals surface area (Å²) in [6, 6.07) is 8.55. The van der Waals surface area contributed by atoms with Gasteiger partial charge >= 0.3 is 0 Å². The fraction of sp³-hybridized carbons (Fsp3) is 0.684. The van der Waals surface area contributed by atoms with Crippen LogP contribution in [0.4, 0.5) is 5.69 Å². The van der Waals surface area contributed by atoms with Gasteiger partial charge in [-0.05, 0) is 37.3 Å². The lowest BCUT2D eigenvalue weighted by atomic mass is 9.87. The number of benzene rings is 1. The largest absolute Gasteiger partial charge is 0.497 e. The summed E-state index contributed by atoms with van der Waals surface area (Å²) < 4.78 is 11.6. The Morgan fingerprint density at radius 1 is 1.35 bits per heavy atom. The average Bonchev–Trinajstić information content (AvgIpc) is 2.92. The molecule has 2 saturated heterocycles. The number of ether oxygens (including phenoxy) is 2. The van der Waals surface area contributed by atoms with E-state index in [0.29, 0.717) is 6.04 Å². The Labute approximate surface area is 140 Å². The molecule has 0 aromatic heterocycles. The van der Waals surface area contributed by atoms with Crippen molar-refractivity contribution in [3.63, 3.8) is 0 Å². The lowest BCUT2D eigenvalue weighted by Crippen LogP contribution is -2.45. The van der Waals surface area contributed by atoms with Crippen molar-refractivity contribution in [3.05, 3.63) is 24.3 Å². The van der Waals surface area contributed by atoms with Crippen LogP contribution in [-0.4, -0.2) is 49.9 Å². The van der Waals surface area contributed by atoms with Crippen LogP contribution in [0.15, 0.2) is 24.3 Å². The van der Waals surface area contributed by atoms with Gasteiger partial charge in [0.25, 0.3) is 0 Å². The van der Waals surface area contributed by atoms with E-state index in [-0.39, 0.29) is 5.60 Å². The molecule has 3 rings (SSSR count). The maximum Gasteiger partial charge on any atom is 0.120 e. The number of nitrogens with one attached hydrogen (secondary N) is 1. The van der Waals surface area contributed by atoms with Gasteiger partial charge in [-0.15, -0.1) is 0 Å². The highest BCUT2D eigenvalue weighted by molar-refractivity contribution is 5.49. The second-order valence-corrected chi connectivity index (χ2v) is 7.47. The third-order valence-electron chi connectivity index (χ3n) is 5.04. The van der Waals surface area contributed by atoms with Gasteiger partial charge in [-0.2, -0.15) is 0 Å². The zero-order valence-electron chi connectivity index (χ0n) is 14.7. The maximum atomic E-state index is 6.26. The molecule has 2 aliphatic rings. The van der Waals surface area contributed by atoms with Crippen molar-refractivity contribution < 1.29 is 9.47 Å². The van der Waals surface area contributed by atoms with E-state index in [0.717, 1.165) is 43.2 Å². The third-order valence-corrected chi connectivity index (χ3v) is 5.04. The number of nitrogens with zero attached hydrogens (tertiary/aromatic N) is 1. The number of likely N-dealkylation sites (tertiary alicyclic amines) is 1. The molecule has 0 amide bonds. The summed E-state index contributed by atoms with van der Waals surface area (Å²) in [6.45, 7) is 8.95. The van der Waals surface area contributed by atoms with Crippen LogP contribution in [0.25, 0.3) is 0 Å². The molecule has 0 radical (unpaired) electrons. The molecule has 23 heavy (non-hydrogen) atoms. The second-order valence-electron chi connectivity index (χ2n) is 7.47. The first-order valence-corrected chi connectivity index (χ1v) is 8.85. The summed E-state index contributed by atoms with van der Waals surface area (Å²) in [6.07, 6.45) is 3.44. The molecule has 1 N–H and O–H groups in total. The Balaban J connectivity index is 1.52. The highest BCUT2D eigenvalue weighted by atomic mass is 16.5. The molecular weight excluding hydrogens is 288 g/mol. The summed E-state index contributed by atoms with van der Waals surface area (Å²) in [5, 5.41) is 3.61. The molecule has 2 aliphatic heterocycles. The van der Waals surface area contributed by atoms with E-state index in [2.05, 4.69) is 36.2 Å². The van der Waals surface area contributed by atoms with Crippen molar-refractivity contribution in [1.82, 2.24) is 4.90 Å². The first-order valence-electron chi connectivity index (χ1n) is 8.85. The van der Waals surface area contributed by atoms with Crippen LogP contribution in [0, 0.1) is 5.92 Å². The molecule has 0 aliphatic carbocycles. The number of hydrogen-bond donors (Lipinski definition) is 1. The number of methoxy groups -OCH3 is 1. The van der Waals surface area contributed by atoms with Crippen molar-refractivity contribution >= 4 is 5.69 Å². The highest BCUT2D eigenvalue weighted by Gasteiger charge is 2.42. The minimum Gasteiger partial charge on any atom is -0.497 e. The molecule has 1 atom stereocenters. The summed E-state index contributed by atoms with van der Waals surface area (Å²) in [4.78, 5) is 2.59. The topological polar surface area (TPSA) is 33.7 Å². The molecular formula is C19H30N2O2. The van der Waals surface area contributed by atoms with Gasteiger partial charge in [0.05, 0.1) is 25.4 Å². The van der Waals surface area contributed by atoms with Crippen molar-refractivity contribution in [1.29, 1.82) is 0 Å². The Kier molecular flexibility index (Phi) is 5.12. The summed E-state index contributed by atoms with van der Waals surface area (Å²) in [7, 11) is 1.71.